The lowest BCUT2D eigenvalue weighted by Crippen LogP contribution is -2.16. The Hall–Kier alpha value is -0.500. The van der Waals surface area contributed by atoms with Crippen molar-refractivity contribution in [3.8, 4) is 5.75 Å². The smallest absolute Gasteiger partial charge is 0.133 e. The molecule has 0 aliphatic rings. The number of methoxy groups -OCH3 is 1. The number of rotatable bonds is 5. The summed E-state index contributed by atoms with van der Waals surface area (Å²) < 4.78 is 5.44. The van der Waals surface area contributed by atoms with Gasteiger partial charge in [-0.1, -0.05) is 33.6 Å². The Morgan fingerprint density at radius 3 is 2.60 bits per heavy atom. The van der Waals surface area contributed by atoms with E-state index in [0.717, 1.165) is 5.75 Å². The number of unbranched alkanes of at least 4 members (excludes halogenated alkanes) is 1. The Balaban J connectivity index is 2.91. The van der Waals surface area contributed by atoms with Crippen molar-refractivity contribution in [1.29, 1.82) is 0 Å². The van der Waals surface area contributed by atoms with E-state index in [1.54, 1.807) is 7.11 Å². The molecule has 0 amide bonds. The summed E-state index contributed by atoms with van der Waals surface area (Å²) in [5.74, 6) is 1.07. The molecule has 0 aromatic carbocycles. The highest BCUT2D eigenvalue weighted by atomic mass is 32.1. The molecule has 0 bridgehead atoms. The molecular weight excluding hydrogens is 204 g/mol. The van der Waals surface area contributed by atoms with Gasteiger partial charge in [-0.05, 0) is 19.4 Å². The first-order valence-corrected chi connectivity index (χ1v) is 6.48. The van der Waals surface area contributed by atoms with Crippen LogP contribution in [-0.4, -0.2) is 7.11 Å². The molecule has 15 heavy (non-hydrogen) atoms. The van der Waals surface area contributed by atoms with Crippen molar-refractivity contribution < 1.29 is 4.74 Å². The highest BCUT2D eigenvalue weighted by Crippen LogP contribution is 2.41. The first-order chi connectivity index (χ1) is 7.01. The summed E-state index contributed by atoms with van der Waals surface area (Å²) in [6.45, 7) is 9.02. The fourth-order valence-corrected chi connectivity index (χ4v) is 2.96. The second kappa shape index (κ2) is 5.02. The molecule has 0 atom stereocenters. The van der Waals surface area contributed by atoms with Gasteiger partial charge in [-0.15, -0.1) is 11.3 Å². The molecule has 1 aromatic rings. The zero-order valence-corrected chi connectivity index (χ0v) is 11.3. The third kappa shape index (κ3) is 2.97. The molecule has 0 radical (unpaired) electrons. The van der Waals surface area contributed by atoms with Crippen molar-refractivity contribution in [2.24, 2.45) is 0 Å². The van der Waals surface area contributed by atoms with Gasteiger partial charge in [0.25, 0.3) is 0 Å². The molecular formula is C13H22OS. The van der Waals surface area contributed by atoms with Crippen LogP contribution in [-0.2, 0) is 5.41 Å². The van der Waals surface area contributed by atoms with Crippen LogP contribution >= 0.6 is 11.3 Å². The lowest BCUT2D eigenvalue weighted by molar-refractivity contribution is 0.388. The van der Waals surface area contributed by atoms with E-state index >= 15 is 0 Å². The Bertz CT molecular complexity index is 312. The largest absolute Gasteiger partial charge is 0.496 e. The van der Waals surface area contributed by atoms with E-state index in [-0.39, 0.29) is 5.41 Å². The van der Waals surface area contributed by atoms with Crippen molar-refractivity contribution in [2.75, 3.05) is 7.11 Å². The molecule has 2 heteroatoms. The Labute approximate surface area is 97.5 Å². The van der Waals surface area contributed by atoms with Gasteiger partial charge in [0.15, 0.2) is 0 Å². The highest BCUT2D eigenvalue weighted by Gasteiger charge is 2.25. The third-order valence-electron chi connectivity index (χ3n) is 2.81. The predicted molar refractivity (Wildman–Crippen MR) is 68.2 cm³/mol. The summed E-state index contributed by atoms with van der Waals surface area (Å²) in [6, 6.07) is 2.15. The third-order valence-corrected chi connectivity index (χ3v) is 4.21. The van der Waals surface area contributed by atoms with Crippen LogP contribution in [0.25, 0.3) is 0 Å². The van der Waals surface area contributed by atoms with E-state index in [2.05, 4.69) is 33.8 Å². The average Bonchev–Trinajstić information content (AvgIpc) is 2.57. The van der Waals surface area contributed by atoms with Crippen LogP contribution < -0.4 is 4.74 Å². The molecule has 0 saturated carbocycles. The molecule has 1 heterocycles. The van der Waals surface area contributed by atoms with Crippen LogP contribution in [0.1, 0.15) is 49.8 Å². The lowest BCUT2D eigenvalue weighted by atomic mass is 9.85. The normalized spacial score (nSPS) is 11.8. The summed E-state index contributed by atoms with van der Waals surface area (Å²) in [5.41, 5.74) is 0.250. The fourth-order valence-electron chi connectivity index (χ4n) is 1.85. The Kier molecular flexibility index (Phi) is 4.21. The lowest BCUT2D eigenvalue weighted by Gasteiger charge is -2.24. The molecule has 0 saturated heterocycles. The summed E-state index contributed by atoms with van der Waals surface area (Å²) in [6.07, 6.45) is 3.78. The first-order valence-electron chi connectivity index (χ1n) is 5.66. The Morgan fingerprint density at radius 1 is 1.40 bits per heavy atom. The molecule has 0 unspecified atom stereocenters. The van der Waals surface area contributed by atoms with Gasteiger partial charge in [0.05, 0.1) is 12.0 Å². The number of hydrogen-bond acceptors (Lipinski definition) is 2. The highest BCUT2D eigenvalue weighted by molar-refractivity contribution is 7.12. The minimum absolute atomic E-state index is 0.250. The number of hydrogen-bond donors (Lipinski definition) is 0. The number of thiophene rings is 1. The topological polar surface area (TPSA) is 9.23 Å². The number of ether oxygens (including phenoxy) is 1. The monoisotopic (exact) mass is 226 g/mol. The molecule has 1 aromatic heterocycles. The van der Waals surface area contributed by atoms with Gasteiger partial charge in [0, 0.05) is 10.3 Å². The van der Waals surface area contributed by atoms with Crippen LogP contribution in [0.3, 0.4) is 0 Å². The van der Waals surface area contributed by atoms with Crippen molar-refractivity contribution in [2.45, 2.75) is 52.4 Å². The Morgan fingerprint density at radius 2 is 2.07 bits per heavy atom. The van der Waals surface area contributed by atoms with E-state index in [9.17, 15) is 0 Å². The van der Waals surface area contributed by atoms with Crippen LogP contribution in [0, 0.1) is 6.92 Å². The van der Waals surface area contributed by atoms with Gasteiger partial charge >= 0.3 is 0 Å². The van der Waals surface area contributed by atoms with Crippen LogP contribution in [0.4, 0.5) is 0 Å². The second-order valence-electron chi connectivity index (χ2n) is 4.74. The van der Waals surface area contributed by atoms with Gasteiger partial charge in [-0.25, -0.2) is 0 Å². The van der Waals surface area contributed by atoms with E-state index in [1.165, 1.54) is 29.0 Å². The second-order valence-corrected chi connectivity index (χ2v) is 6.00. The van der Waals surface area contributed by atoms with Crippen molar-refractivity contribution in [3.63, 3.8) is 0 Å². The van der Waals surface area contributed by atoms with Gasteiger partial charge < -0.3 is 4.74 Å². The molecule has 0 fully saturated rings. The zero-order valence-electron chi connectivity index (χ0n) is 10.5. The SMILES string of the molecule is CCCCC(C)(C)c1sc(C)cc1OC. The predicted octanol–water partition coefficient (Wildman–Crippen LogP) is 4.53. The van der Waals surface area contributed by atoms with Crippen molar-refractivity contribution >= 4 is 11.3 Å². The van der Waals surface area contributed by atoms with Crippen molar-refractivity contribution in [1.82, 2.24) is 0 Å². The van der Waals surface area contributed by atoms with Gasteiger partial charge in [-0.2, -0.15) is 0 Å². The molecule has 1 nitrogen and oxygen atoms in total. The summed E-state index contributed by atoms with van der Waals surface area (Å²) in [7, 11) is 1.76. The molecule has 0 aliphatic heterocycles. The number of aryl methyl sites for hydroxylation is 1. The van der Waals surface area contributed by atoms with E-state index in [4.69, 9.17) is 4.74 Å². The minimum atomic E-state index is 0.250. The maximum atomic E-state index is 5.44. The first kappa shape index (κ1) is 12.6. The summed E-state index contributed by atoms with van der Waals surface area (Å²) in [5, 5.41) is 0. The zero-order chi connectivity index (χ0) is 11.5. The fraction of sp³-hybridized carbons (Fsp3) is 0.692. The summed E-state index contributed by atoms with van der Waals surface area (Å²) in [4.78, 5) is 2.74. The molecule has 0 N–H and O–H groups in total. The average molecular weight is 226 g/mol. The van der Waals surface area contributed by atoms with E-state index in [1.807, 2.05) is 11.3 Å². The van der Waals surface area contributed by atoms with Crippen LogP contribution in [0.5, 0.6) is 5.75 Å². The van der Waals surface area contributed by atoms with Crippen LogP contribution in [0.2, 0.25) is 0 Å². The van der Waals surface area contributed by atoms with E-state index < -0.39 is 0 Å². The van der Waals surface area contributed by atoms with Crippen LogP contribution in [0.15, 0.2) is 6.07 Å². The maximum absolute atomic E-state index is 5.44. The summed E-state index contributed by atoms with van der Waals surface area (Å²) >= 11 is 1.87. The standard InChI is InChI=1S/C13H22OS/c1-6-7-8-13(3,4)12-11(14-5)9-10(2)15-12/h9H,6-8H2,1-5H3. The van der Waals surface area contributed by atoms with Gasteiger partial charge in [0.2, 0.25) is 0 Å². The molecule has 86 valence electrons. The molecule has 0 spiro atoms. The van der Waals surface area contributed by atoms with Gasteiger partial charge in [-0.3, -0.25) is 0 Å². The maximum Gasteiger partial charge on any atom is 0.133 e. The minimum Gasteiger partial charge on any atom is -0.496 e. The molecule has 0 aliphatic carbocycles. The van der Waals surface area contributed by atoms with Gasteiger partial charge in [0.1, 0.15) is 5.75 Å². The van der Waals surface area contributed by atoms with E-state index in [0.29, 0.717) is 0 Å². The quantitative estimate of drug-likeness (QED) is 0.716. The van der Waals surface area contributed by atoms with Crippen molar-refractivity contribution in [3.05, 3.63) is 15.8 Å². The molecule has 1 rings (SSSR count).